The number of benzene rings is 1. The zero-order chi connectivity index (χ0) is 17.8. The fourth-order valence-electron chi connectivity index (χ4n) is 2.70. The first-order valence-corrected chi connectivity index (χ1v) is 9.41. The van der Waals surface area contributed by atoms with E-state index in [1.54, 1.807) is 4.68 Å². The van der Waals surface area contributed by atoms with Crippen molar-refractivity contribution in [1.82, 2.24) is 14.8 Å². The number of aromatic nitrogens is 3. The number of aryl methyl sites for hydroxylation is 2. The summed E-state index contributed by atoms with van der Waals surface area (Å²) in [6.07, 6.45) is 1.89. The third-order valence-electron chi connectivity index (χ3n) is 3.81. The fraction of sp³-hybridized carbons (Fsp3) is 0.263. The van der Waals surface area contributed by atoms with E-state index in [-0.39, 0.29) is 12.5 Å². The maximum absolute atomic E-state index is 11.9. The van der Waals surface area contributed by atoms with Crippen LogP contribution in [-0.4, -0.2) is 32.9 Å². The van der Waals surface area contributed by atoms with E-state index in [9.17, 15) is 4.79 Å². The van der Waals surface area contributed by atoms with Gasteiger partial charge in [-0.1, -0.05) is 23.8 Å². The van der Waals surface area contributed by atoms with Crippen LogP contribution in [-0.2, 0) is 16.1 Å². The highest BCUT2D eigenvalue weighted by molar-refractivity contribution is 7.98. The van der Waals surface area contributed by atoms with Crippen LogP contribution in [0.25, 0.3) is 22.6 Å². The number of carbonyl (C=O) groups excluding carboxylic acids is 1. The lowest BCUT2D eigenvalue weighted by atomic mass is 10.1. The molecule has 0 saturated heterocycles. The Kier molecular flexibility index (Phi) is 5.28. The molecule has 130 valence electrons. The van der Waals surface area contributed by atoms with Gasteiger partial charge in [-0.3, -0.25) is 9.48 Å². The molecule has 2 aromatic heterocycles. The Morgan fingerprint density at radius 1 is 1.20 bits per heavy atom. The number of hydrogen-bond acceptors (Lipinski definition) is 4. The van der Waals surface area contributed by atoms with Gasteiger partial charge >= 0.3 is 5.97 Å². The molecular formula is C19H21N3O2S. The van der Waals surface area contributed by atoms with E-state index in [2.05, 4.69) is 35.2 Å². The maximum Gasteiger partial charge on any atom is 0.328 e. The molecule has 0 fully saturated rings. The Morgan fingerprint density at radius 3 is 2.76 bits per heavy atom. The third kappa shape index (κ3) is 4.14. The number of nitrogens with zero attached hydrogens (tertiary/aromatic N) is 2. The number of hydrogen-bond donors (Lipinski definition) is 1. The number of aromatic amines is 1. The molecule has 3 aromatic rings. The van der Waals surface area contributed by atoms with Crippen molar-refractivity contribution < 1.29 is 9.53 Å². The van der Waals surface area contributed by atoms with Crippen molar-refractivity contribution in [1.29, 1.82) is 0 Å². The van der Waals surface area contributed by atoms with Crippen molar-refractivity contribution in [3.63, 3.8) is 0 Å². The highest BCUT2D eigenvalue weighted by Crippen LogP contribution is 2.25. The molecule has 1 aromatic carbocycles. The van der Waals surface area contributed by atoms with Crippen LogP contribution in [0.3, 0.4) is 0 Å². The number of thioether (sulfide) groups is 1. The molecule has 0 unspecified atom stereocenters. The Bertz CT molecular complexity index is 882. The van der Waals surface area contributed by atoms with Gasteiger partial charge in [-0.2, -0.15) is 5.10 Å². The first-order valence-electron chi connectivity index (χ1n) is 8.02. The summed E-state index contributed by atoms with van der Waals surface area (Å²) in [5.74, 6) is 0.0678. The number of ether oxygens (including phenoxy) is 1. The SMILES string of the molecule is CSCOC(=O)Cn1nc(C)cc1-c1ccc(-c2cccc(C)c2)[nH]1. The van der Waals surface area contributed by atoms with Crippen LogP contribution in [0.15, 0.2) is 42.5 Å². The zero-order valence-electron chi connectivity index (χ0n) is 14.6. The average molecular weight is 355 g/mol. The summed E-state index contributed by atoms with van der Waals surface area (Å²) in [6.45, 7) is 4.09. The number of H-pyrrole nitrogens is 1. The van der Waals surface area contributed by atoms with Crippen LogP contribution < -0.4 is 0 Å². The van der Waals surface area contributed by atoms with Crippen molar-refractivity contribution in [2.24, 2.45) is 0 Å². The van der Waals surface area contributed by atoms with Gasteiger partial charge in [-0.05, 0) is 49.9 Å². The van der Waals surface area contributed by atoms with Gasteiger partial charge in [0.25, 0.3) is 0 Å². The number of rotatable bonds is 6. The van der Waals surface area contributed by atoms with E-state index in [1.165, 1.54) is 17.3 Å². The quantitative estimate of drug-likeness (QED) is 0.536. The minimum absolute atomic E-state index is 0.0997. The van der Waals surface area contributed by atoms with Crippen LogP contribution >= 0.6 is 11.8 Å². The standard InChI is InChI=1S/C19H21N3O2S/c1-13-5-4-6-15(9-13)16-7-8-17(20-16)18-10-14(2)21-22(18)11-19(23)24-12-25-3/h4-10,20H,11-12H2,1-3H3. The lowest BCUT2D eigenvalue weighted by Crippen LogP contribution is -2.15. The molecule has 0 aliphatic carbocycles. The molecule has 0 radical (unpaired) electrons. The minimum atomic E-state index is -0.288. The summed E-state index contributed by atoms with van der Waals surface area (Å²) in [5, 5.41) is 4.42. The molecular weight excluding hydrogens is 334 g/mol. The van der Waals surface area contributed by atoms with Crippen LogP contribution in [0.4, 0.5) is 0 Å². The van der Waals surface area contributed by atoms with E-state index < -0.39 is 0 Å². The topological polar surface area (TPSA) is 59.9 Å². The maximum atomic E-state index is 11.9. The van der Waals surface area contributed by atoms with Crippen molar-refractivity contribution in [2.75, 3.05) is 12.2 Å². The molecule has 5 nitrogen and oxygen atoms in total. The van der Waals surface area contributed by atoms with E-state index in [0.717, 1.165) is 28.3 Å². The zero-order valence-corrected chi connectivity index (χ0v) is 15.4. The molecule has 2 heterocycles. The van der Waals surface area contributed by atoms with Crippen molar-refractivity contribution in [3.8, 4) is 22.6 Å². The highest BCUT2D eigenvalue weighted by Gasteiger charge is 2.14. The van der Waals surface area contributed by atoms with E-state index >= 15 is 0 Å². The van der Waals surface area contributed by atoms with Gasteiger partial charge in [0.2, 0.25) is 0 Å². The molecule has 25 heavy (non-hydrogen) atoms. The summed E-state index contributed by atoms with van der Waals surface area (Å²) in [7, 11) is 0. The number of carbonyl (C=O) groups is 1. The average Bonchev–Trinajstić information content (AvgIpc) is 3.19. The predicted octanol–water partition coefficient (Wildman–Crippen LogP) is 4.03. The molecule has 0 saturated carbocycles. The van der Waals surface area contributed by atoms with E-state index in [0.29, 0.717) is 5.94 Å². The molecule has 0 aliphatic rings. The molecule has 0 bridgehead atoms. The van der Waals surface area contributed by atoms with Crippen LogP contribution in [0.1, 0.15) is 11.3 Å². The fourth-order valence-corrected chi connectivity index (χ4v) is 2.95. The Labute approximate surface area is 151 Å². The highest BCUT2D eigenvalue weighted by atomic mass is 32.2. The largest absolute Gasteiger partial charge is 0.453 e. The predicted molar refractivity (Wildman–Crippen MR) is 101 cm³/mol. The summed E-state index contributed by atoms with van der Waals surface area (Å²) in [5.41, 5.74) is 6.04. The van der Waals surface area contributed by atoms with Crippen LogP contribution in [0.2, 0.25) is 0 Å². The molecule has 0 aliphatic heterocycles. The smallest absolute Gasteiger partial charge is 0.328 e. The Morgan fingerprint density at radius 2 is 2.00 bits per heavy atom. The number of esters is 1. The summed E-state index contributed by atoms with van der Waals surface area (Å²) >= 11 is 1.47. The van der Waals surface area contributed by atoms with Gasteiger partial charge in [0, 0.05) is 5.69 Å². The molecule has 0 spiro atoms. The molecule has 6 heteroatoms. The second kappa shape index (κ2) is 7.61. The van der Waals surface area contributed by atoms with Gasteiger partial charge in [0.15, 0.2) is 0 Å². The van der Waals surface area contributed by atoms with Gasteiger partial charge in [0.05, 0.1) is 17.1 Å². The first-order chi connectivity index (χ1) is 12.1. The number of nitrogens with one attached hydrogen (secondary N) is 1. The van der Waals surface area contributed by atoms with Gasteiger partial charge < -0.3 is 9.72 Å². The third-order valence-corrected chi connectivity index (χ3v) is 4.16. The molecule has 1 N–H and O–H groups in total. The Balaban J connectivity index is 1.86. The molecule has 3 rings (SSSR count). The van der Waals surface area contributed by atoms with Gasteiger partial charge in [-0.25, -0.2) is 0 Å². The Hall–Kier alpha value is -2.47. The van der Waals surface area contributed by atoms with Crippen molar-refractivity contribution in [3.05, 3.63) is 53.7 Å². The second-order valence-electron chi connectivity index (χ2n) is 5.91. The van der Waals surface area contributed by atoms with Crippen molar-refractivity contribution >= 4 is 17.7 Å². The normalized spacial score (nSPS) is 10.8. The summed E-state index contributed by atoms with van der Waals surface area (Å²) in [6, 6.07) is 14.4. The first kappa shape index (κ1) is 17.4. The van der Waals surface area contributed by atoms with Crippen molar-refractivity contribution in [2.45, 2.75) is 20.4 Å². The molecule has 0 atom stereocenters. The summed E-state index contributed by atoms with van der Waals surface area (Å²) < 4.78 is 6.82. The van der Waals surface area contributed by atoms with Gasteiger partial charge in [-0.15, -0.1) is 11.8 Å². The lowest BCUT2D eigenvalue weighted by Gasteiger charge is -2.06. The molecule has 0 amide bonds. The monoisotopic (exact) mass is 355 g/mol. The van der Waals surface area contributed by atoms with Gasteiger partial charge in [0.1, 0.15) is 12.5 Å². The van der Waals surface area contributed by atoms with E-state index in [4.69, 9.17) is 4.74 Å². The van der Waals surface area contributed by atoms with Crippen LogP contribution in [0, 0.1) is 13.8 Å². The summed E-state index contributed by atoms with van der Waals surface area (Å²) in [4.78, 5) is 15.3. The lowest BCUT2D eigenvalue weighted by molar-refractivity contribution is -0.142. The van der Waals surface area contributed by atoms with Crippen LogP contribution in [0.5, 0.6) is 0 Å². The second-order valence-corrected chi connectivity index (χ2v) is 6.72. The van der Waals surface area contributed by atoms with E-state index in [1.807, 2.05) is 37.4 Å². The minimum Gasteiger partial charge on any atom is -0.453 e.